The molecule has 132 valence electrons. The first-order valence-electron chi connectivity index (χ1n) is 10.1. The molecule has 0 bridgehead atoms. The van der Waals surface area contributed by atoms with Crippen LogP contribution in [0.4, 0.5) is 0 Å². The molecule has 0 heterocycles. The molecule has 23 heavy (non-hydrogen) atoms. The van der Waals surface area contributed by atoms with E-state index in [1.54, 1.807) is 0 Å². The summed E-state index contributed by atoms with van der Waals surface area (Å²) in [4.78, 5) is 0. The second-order valence-corrected chi connectivity index (χ2v) is 6.96. The van der Waals surface area contributed by atoms with Crippen molar-refractivity contribution >= 4 is 0 Å². The summed E-state index contributed by atoms with van der Waals surface area (Å²) in [5, 5.41) is 9.88. The van der Waals surface area contributed by atoms with Crippen LogP contribution in [0, 0.1) is 0 Å². The predicted molar refractivity (Wildman–Crippen MR) is 102 cm³/mol. The van der Waals surface area contributed by atoms with Crippen LogP contribution in [0.3, 0.4) is 0 Å². The lowest BCUT2D eigenvalue weighted by molar-refractivity contribution is 0.468. The molecular weight excluding hydrogens is 280 g/mol. The molecular formula is C22H38O. The van der Waals surface area contributed by atoms with Gasteiger partial charge in [-0.1, -0.05) is 96.6 Å². The normalized spacial score (nSPS) is 11.0. The van der Waals surface area contributed by atoms with Gasteiger partial charge in [0.2, 0.25) is 0 Å². The van der Waals surface area contributed by atoms with Crippen LogP contribution in [0.15, 0.2) is 18.2 Å². The van der Waals surface area contributed by atoms with Gasteiger partial charge in [0.05, 0.1) is 0 Å². The van der Waals surface area contributed by atoms with Crippen molar-refractivity contribution in [3.63, 3.8) is 0 Å². The maximum Gasteiger partial charge on any atom is 0.119 e. The average Bonchev–Trinajstić information content (AvgIpc) is 2.56. The number of rotatable bonds is 14. The van der Waals surface area contributed by atoms with Gasteiger partial charge in [-0.3, -0.25) is 0 Å². The summed E-state index contributed by atoms with van der Waals surface area (Å²) >= 11 is 0. The molecule has 0 fully saturated rings. The summed E-state index contributed by atoms with van der Waals surface area (Å²) in [6, 6.07) is 6.21. The molecule has 1 rings (SSSR count). The first-order valence-corrected chi connectivity index (χ1v) is 10.1. The van der Waals surface area contributed by atoms with E-state index in [9.17, 15) is 5.11 Å². The van der Waals surface area contributed by atoms with Crippen LogP contribution in [0.1, 0.15) is 102 Å². The number of aryl methyl sites for hydroxylation is 2. The van der Waals surface area contributed by atoms with Gasteiger partial charge < -0.3 is 5.11 Å². The highest BCUT2D eigenvalue weighted by atomic mass is 16.3. The summed E-state index contributed by atoms with van der Waals surface area (Å²) in [7, 11) is 0. The van der Waals surface area contributed by atoms with E-state index in [1.165, 1.54) is 82.6 Å². The van der Waals surface area contributed by atoms with Gasteiger partial charge in [-0.2, -0.15) is 0 Å². The zero-order chi connectivity index (χ0) is 16.8. The molecule has 0 saturated carbocycles. The topological polar surface area (TPSA) is 20.2 Å². The standard InChI is InChI=1S/C22H38O/c1-3-5-6-7-8-9-10-11-12-13-14-15-16-20-17-18-21(4-2)22(23)19-20/h17-19,23H,3-16H2,1-2H3. The molecule has 1 nitrogen and oxygen atoms in total. The summed E-state index contributed by atoms with van der Waals surface area (Å²) in [6.07, 6.45) is 18.7. The molecule has 0 unspecified atom stereocenters. The maximum absolute atomic E-state index is 9.88. The summed E-state index contributed by atoms with van der Waals surface area (Å²) in [5.74, 6) is 0.476. The second kappa shape index (κ2) is 13.5. The Bertz CT molecular complexity index is 397. The first kappa shape index (κ1) is 20.1. The van der Waals surface area contributed by atoms with Gasteiger partial charge in [-0.15, -0.1) is 0 Å². The third-order valence-electron chi connectivity index (χ3n) is 4.85. The Hall–Kier alpha value is -0.980. The highest BCUT2D eigenvalue weighted by Crippen LogP contribution is 2.21. The summed E-state index contributed by atoms with van der Waals surface area (Å²) in [6.45, 7) is 4.36. The van der Waals surface area contributed by atoms with E-state index in [4.69, 9.17) is 0 Å². The van der Waals surface area contributed by atoms with Gasteiger partial charge in [0.15, 0.2) is 0 Å². The van der Waals surface area contributed by atoms with Crippen molar-refractivity contribution in [2.75, 3.05) is 0 Å². The highest BCUT2D eigenvalue weighted by Gasteiger charge is 2.01. The average molecular weight is 319 g/mol. The Kier molecular flexibility index (Phi) is 11.7. The van der Waals surface area contributed by atoms with Gasteiger partial charge in [0, 0.05) is 0 Å². The van der Waals surface area contributed by atoms with Gasteiger partial charge in [0.1, 0.15) is 5.75 Å². The largest absolute Gasteiger partial charge is 0.508 e. The Morgan fingerprint density at radius 1 is 0.696 bits per heavy atom. The zero-order valence-corrected chi connectivity index (χ0v) is 15.6. The Labute approximate surface area is 144 Å². The third kappa shape index (κ3) is 9.69. The van der Waals surface area contributed by atoms with E-state index >= 15 is 0 Å². The molecule has 0 radical (unpaired) electrons. The minimum atomic E-state index is 0.476. The van der Waals surface area contributed by atoms with Crippen LogP contribution < -0.4 is 0 Å². The predicted octanol–water partition coefficient (Wildman–Crippen LogP) is 7.20. The number of aromatic hydroxyl groups is 1. The van der Waals surface area contributed by atoms with Crippen LogP contribution in [0.25, 0.3) is 0 Å². The van der Waals surface area contributed by atoms with Gasteiger partial charge in [-0.25, -0.2) is 0 Å². The SMILES string of the molecule is CCCCCCCCCCCCCCc1ccc(CC)c(O)c1. The Morgan fingerprint density at radius 3 is 1.70 bits per heavy atom. The number of hydrogen-bond donors (Lipinski definition) is 1. The van der Waals surface area contributed by atoms with Crippen molar-refractivity contribution in [1.82, 2.24) is 0 Å². The number of phenolic OH excluding ortho intramolecular Hbond substituents is 1. The fraction of sp³-hybridized carbons (Fsp3) is 0.727. The lowest BCUT2D eigenvalue weighted by atomic mass is 10.0. The van der Waals surface area contributed by atoms with Crippen LogP contribution in [0.2, 0.25) is 0 Å². The van der Waals surface area contributed by atoms with E-state index in [-0.39, 0.29) is 0 Å². The molecule has 1 aromatic rings. The number of hydrogen-bond acceptors (Lipinski definition) is 1. The fourth-order valence-corrected chi connectivity index (χ4v) is 3.23. The zero-order valence-electron chi connectivity index (χ0n) is 15.6. The van der Waals surface area contributed by atoms with E-state index < -0.39 is 0 Å². The molecule has 0 amide bonds. The van der Waals surface area contributed by atoms with Gasteiger partial charge in [-0.05, 0) is 36.5 Å². The fourth-order valence-electron chi connectivity index (χ4n) is 3.23. The van der Waals surface area contributed by atoms with Crippen molar-refractivity contribution < 1.29 is 5.11 Å². The quantitative estimate of drug-likeness (QED) is 0.360. The lowest BCUT2D eigenvalue weighted by Gasteiger charge is -2.06. The van der Waals surface area contributed by atoms with Crippen LogP contribution in [-0.4, -0.2) is 5.11 Å². The van der Waals surface area contributed by atoms with E-state index in [1.807, 2.05) is 6.07 Å². The maximum atomic E-state index is 9.88. The summed E-state index contributed by atoms with van der Waals surface area (Å²) < 4.78 is 0. The van der Waals surface area contributed by atoms with Crippen molar-refractivity contribution in [2.45, 2.75) is 104 Å². The van der Waals surface area contributed by atoms with Crippen molar-refractivity contribution in [2.24, 2.45) is 0 Å². The minimum absolute atomic E-state index is 0.476. The number of phenols is 1. The minimum Gasteiger partial charge on any atom is -0.508 e. The van der Waals surface area contributed by atoms with Gasteiger partial charge >= 0.3 is 0 Å². The first-order chi connectivity index (χ1) is 11.3. The molecule has 0 aliphatic carbocycles. The molecule has 0 aromatic heterocycles. The molecule has 1 N–H and O–H groups in total. The molecule has 1 aromatic carbocycles. The molecule has 0 saturated heterocycles. The van der Waals surface area contributed by atoms with E-state index in [0.29, 0.717) is 5.75 Å². The molecule has 0 atom stereocenters. The van der Waals surface area contributed by atoms with Crippen molar-refractivity contribution in [3.05, 3.63) is 29.3 Å². The van der Waals surface area contributed by atoms with Crippen molar-refractivity contribution in [1.29, 1.82) is 0 Å². The Balaban J connectivity index is 1.92. The molecule has 0 aliphatic heterocycles. The molecule has 0 aliphatic rings. The van der Waals surface area contributed by atoms with Crippen molar-refractivity contribution in [3.8, 4) is 5.75 Å². The molecule has 1 heteroatoms. The van der Waals surface area contributed by atoms with E-state index in [0.717, 1.165) is 18.4 Å². The lowest BCUT2D eigenvalue weighted by Crippen LogP contribution is -1.89. The van der Waals surface area contributed by atoms with Crippen LogP contribution >= 0.6 is 0 Å². The van der Waals surface area contributed by atoms with Crippen LogP contribution in [0.5, 0.6) is 5.75 Å². The van der Waals surface area contributed by atoms with E-state index in [2.05, 4.69) is 26.0 Å². The molecule has 0 spiro atoms. The number of unbranched alkanes of at least 4 members (excludes halogenated alkanes) is 11. The monoisotopic (exact) mass is 318 g/mol. The second-order valence-electron chi connectivity index (χ2n) is 6.96. The summed E-state index contributed by atoms with van der Waals surface area (Å²) in [5.41, 5.74) is 2.34. The highest BCUT2D eigenvalue weighted by molar-refractivity contribution is 5.36. The van der Waals surface area contributed by atoms with Gasteiger partial charge in [0.25, 0.3) is 0 Å². The van der Waals surface area contributed by atoms with Crippen LogP contribution in [-0.2, 0) is 12.8 Å². The third-order valence-corrected chi connectivity index (χ3v) is 4.85. The smallest absolute Gasteiger partial charge is 0.119 e. The Morgan fingerprint density at radius 2 is 1.22 bits per heavy atom. The number of benzene rings is 1.